The summed E-state index contributed by atoms with van der Waals surface area (Å²) in [5, 5.41) is 0. The minimum absolute atomic E-state index is 0.0932. The Kier molecular flexibility index (Phi) is 18.8. The molecule has 692 valence electrons. The monoisotopic (exact) mass is 1880 g/mol. The van der Waals surface area contributed by atoms with Gasteiger partial charge in [-0.3, -0.25) is 0 Å². The zero-order chi connectivity index (χ0) is 97.7. The number of fused-ring (bicyclic) bond motifs is 42. The molecule has 0 radical (unpaired) electrons. The molecule has 0 saturated heterocycles. The fourth-order valence-corrected chi connectivity index (χ4v) is 28.4. The van der Waals surface area contributed by atoms with Crippen molar-refractivity contribution in [3.8, 4) is 111 Å². The largest absolute Gasteiger partial charge is 0.310 e. The first-order chi connectivity index (χ1) is 73.3. The van der Waals surface area contributed by atoms with Crippen molar-refractivity contribution in [2.45, 2.75) is 40.9 Å². The molecule has 8 aliphatic carbocycles. The molecule has 32 rings (SSSR count). The van der Waals surface area contributed by atoms with E-state index >= 15 is 0 Å². The number of anilines is 9. The van der Waals surface area contributed by atoms with E-state index in [1.54, 1.807) is 0 Å². The standard InChI is InChI=1S/C56H35N.C49H33N.C40H29N/c1-2-17-36(18-3-1)57(37-33-34-43-42-23-8-14-29-49(42)56(52(43)35-37)47-27-12-6-21-40(47)41-22-7-13-28-48(41)56)53-32-16-31-51-54(53)44-24-9-15-30-50(44)55(51)45-25-10-4-19-38(45)39-20-5-11-26-46(39)55;1-3-16-34(17-4-1)36-20-13-22-38(32-36)50(39-23-14-21-37(33-39)35-18-5-2-6-19-35)47-31-15-30-46-48(47)42-26-9-12-29-45(42)49(46)43-27-10-7-24-40(43)41-25-8-11-28-44(41)49;1-39(2)32-20-9-11-23-35(32)41(36-24-12-10-21-33(36)39)37-25-13-22-34-38(37)28-16-5-8-19-31(28)40(34)29-17-6-3-14-26(29)27-15-4-7-18-30(27)40/h1-35H;1-33H;3-25H,1-2H3. The van der Waals surface area contributed by atoms with E-state index in [4.69, 9.17) is 0 Å². The van der Waals surface area contributed by atoms with Crippen molar-refractivity contribution in [1.82, 2.24) is 0 Å². The van der Waals surface area contributed by atoms with Gasteiger partial charge in [0.25, 0.3) is 0 Å². The van der Waals surface area contributed by atoms with Crippen LogP contribution in [-0.4, -0.2) is 0 Å². The Hall–Kier alpha value is -18.5. The number of hydrogen-bond donors (Lipinski definition) is 0. The van der Waals surface area contributed by atoms with Crippen molar-refractivity contribution in [1.29, 1.82) is 0 Å². The van der Waals surface area contributed by atoms with Crippen LogP contribution in [0.4, 0.5) is 51.2 Å². The van der Waals surface area contributed by atoms with E-state index in [9.17, 15) is 0 Å². The maximum Gasteiger partial charge on any atom is 0.0726 e. The molecular weight excluding hydrogens is 1780 g/mol. The van der Waals surface area contributed by atoms with Crippen molar-refractivity contribution in [3.63, 3.8) is 0 Å². The number of rotatable bonds is 9. The van der Waals surface area contributed by atoms with Crippen molar-refractivity contribution in [2.24, 2.45) is 0 Å². The van der Waals surface area contributed by atoms with E-state index in [1.807, 2.05) is 0 Å². The first-order valence-corrected chi connectivity index (χ1v) is 51.9. The van der Waals surface area contributed by atoms with Gasteiger partial charge in [0.1, 0.15) is 0 Å². The summed E-state index contributed by atoms with van der Waals surface area (Å²) >= 11 is 0. The highest BCUT2D eigenvalue weighted by atomic mass is 15.2. The molecule has 0 saturated carbocycles. The summed E-state index contributed by atoms with van der Waals surface area (Å²) in [5.74, 6) is 0. The molecule has 0 amide bonds. The van der Waals surface area contributed by atoms with Crippen LogP contribution in [0, 0.1) is 0 Å². The molecule has 3 nitrogen and oxygen atoms in total. The van der Waals surface area contributed by atoms with Crippen LogP contribution >= 0.6 is 0 Å². The maximum atomic E-state index is 2.53. The van der Waals surface area contributed by atoms with Gasteiger partial charge in [0.05, 0.1) is 50.1 Å². The molecule has 0 bridgehead atoms. The molecule has 0 aromatic heterocycles. The normalized spacial score (nSPS) is 14.4. The van der Waals surface area contributed by atoms with E-state index in [1.165, 1.54) is 240 Å². The smallest absolute Gasteiger partial charge is 0.0726 e. The zero-order valence-corrected chi connectivity index (χ0v) is 81.9. The molecule has 0 unspecified atom stereocenters. The van der Waals surface area contributed by atoms with E-state index < -0.39 is 16.2 Å². The lowest BCUT2D eigenvalue weighted by Crippen LogP contribution is -2.31. The predicted octanol–water partition coefficient (Wildman–Crippen LogP) is 36.8. The van der Waals surface area contributed by atoms with Gasteiger partial charge >= 0.3 is 0 Å². The fraction of sp³-hybridized carbons (Fsp3) is 0.0483. The minimum atomic E-state index is -0.427. The third kappa shape index (κ3) is 11.6. The summed E-state index contributed by atoms with van der Waals surface area (Å²) in [5.41, 5.74) is 59.2. The average Bonchev–Trinajstić information content (AvgIpc) is 2.07. The Bertz CT molecular complexity index is 9110. The summed E-state index contributed by atoms with van der Waals surface area (Å²) in [6, 6.07) is 205. The lowest BCUT2D eigenvalue weighted by Gasteiger charge is -2.42. The van der Waals surface area contributed by atoms with Gasteiger partial charge in [-0.1, -0.05) is 487 Å². The third-order valence-electron chi connectivity index (χ3n) is 34.0. The summed E-state index contributed by atoms with van der Waals surface area (Å²) < 4.78 is 0. The van der Waals surface area contributed by atoms with Crippen molar-refractivity contribution < 1.29 is 0 Å². The van der Waals surface area contributed by atoms with Gasteiger partial charge in [-0.25, -0.2) is 0 Å². The molecule has 9 aliphatic rings. The van der Waals surface area contributed by atoms with E-state index in [2.05, 4.69) is 581 Å². The highest BCUT2D eigenvalue weighted by molar-refractivity contribution is 6.08. The van der Waals surface area contributed by atoms with E-state index in [-0.39, 0.29) is 10.8 Å². The second kappa shape index (κ2) is 32.7. The number of benzene rings is 23. The number of para-hydroxylation sites is 3. The molecule has 23 aromatic rings. The van der Waals surface area contributed by atoms with Crippen molar-refractivity contribution in [3.05, 3.63) is 652 Å². The highest BCUT2D eigenvalue weighted by Crippen LogP contribution is 2.71. The first kappa shape index (κ1) is 85.1. The van der Waals surface area contributed by atoms with Crippen molar-refractivity contribution >= 4 is 51.2 Å². The topological polar surface area (TPSA) is 9.72 Å². The molecule has 0 N–H and O–H groups in total. The summed E-state index contributed by atoms with van der Waals surface area (Å²) in [4.78, 5) is 7.52. The summed E-state index contributed by atoms with van der Waals surface area (Å²) in [6.07, 6.45) is 0. The number of hydrogen-bond acceptors (Lipinski definition) is 3. The first-order valence-electron chi connectivity index (χ1n) is 51.9. The second-order valence-electron chi connectivity index (χ2n) is 41.2. The molecule has 4 spiro atoms. The van der Waals surface area contributed by atoms with Gasteiger partial charge in [0.2, 0.25) is 0 Å². The van der Waals surface area contributed by atoms with Crippen LogP contribution in [0.5, 0.6) is 0 Å². The maximum absolute atomic E-state index is 2.53. The fourth-order valence-electron chi connectivity index (χ4n) is 28.4. The Morgan fingerprint density at radius 1 is 0.142 bits per heavy atom. The molecule has 148 heavy (non-hydrogen) atoms. The van der Waals surface area contributed by atoms with Crippen LogP contribution in [0.3, 0.4) is 0 Å². The minimum Gasteiger partial charge on any atom is -0.310 e. The molecule has 23 aromatic carbocycles. The third-order valence-corrected chi connectivity index (χ3v) is 34.0. The van der Waals surface area contributed by atoms with Crippen molar-refractivity contribution in [2.75, 3.05) is 14.7 Å². The van der Waals surface area contributed by atoms with Crippen LogP contribution in [0.1, 0.15) is 114 Å². The quantitative estimate of drug-likeness (QED) is 0.143. The predicted molar refractivity (Wildman–Crippen MR) is 612 cm³/mol. The SMILES string of the molecule is CC1(C)c2ccccc2N(c2cccc3c2-c2ccccc2C32c3ccccc3-c3ccccc32)c2ccccc21.c1ccc(-c2cccc(N(c3cccc(-c4ccccc4)c3)c3cccc4c3-c3ccccc3C43c4ccccc4-c4ccccc43)c2)cc1.c1ccc(N(c2ccc3c(c2)C2(c4ccccc4-c4ccccc42)c2ccccc2-3)c2cccc3c2-c2ccccc2C32c3ccccc3-c3ccccc32)cc1. The molecular formula is C145H97N3. The van der Waals surface area contributed by atoms with E-state index in [0.29, 0.717) is 0 Å². The molecule has 3 heteroatoms. The lowest BCUT2D eigenvalue weighted by atomic mass is 9.70. The van der Waals surface area contributed by atoms with Gasteiger partial charge in [0.15, 0.2) is 0 Å². The second-order valence-corrected chi connectivity index (χ2v) is 41.2. The Morgan fingerprint density at radius 3 is 0.703 bits per heavy atom. The Morgan fingerprint density at radius 2 is 0.358 bits per heavy atom. The Balaban J connectivity index is 0.000000104. The average molecular weight is 1880 g/mol. The zero-order valence-electron chi connectivity index (χ0n) is 81.9. The molecule has 1 aliphatic heterocycles. The van der Waals surface area contributed by atoms with Crippen LogP contribution in [0.15, 0.2) is 552 Å². The summed E-state index contributed by atoms with van der Waals surface area (Å²) in [7, 11) is 0. The lowest BCUT2D eigenvalue weighted by molar-refractivity contribution is 0.632. The van der Waals surface area contributed by atoms with Crippen LogP contribution in [0.25, 0.3) is 111 Å². The van der Waals surface area contributed by atoms with Gasteiger partial charge in [-0.15, -0.1) is 0 Å². The summed E-state index contributed by atoms with van der Waals surface area (Å²) in [6.45, 7) is 4.71. The van der Waals surface area contributed by atoms with Gasteiger partial charge in [0, 0.05) is 44.9 Å². The van der Waals surface area contributed by atoms with Gasteiger partial charge in [-0.2, -0.15) is 0 Å². The van der Waals surface area contributed by atoms with Gasteiger partial charge in [-0.05, 0) is 274 Å². The molecule has 0 atom stereocenters. The van der Waals surface area contributed by atoms with Crippen LogP contribution in [0.2, 0.25) is 0 Å². The molecule has 0 fully saturated rings. The van der Waals surface area contributed by atoms with E-state index in [0.717, 1.165) is 22.7 Å². The van der Waals surface area contributed by atoms with Crippen LogP contribution < -0.4 is 14.7 Å². The van der Waals surface area contributed by atoms with Crippen LogP contribution in [-0.2, 0) is 27.1 Å². The highest BCUT2D eigenvalue weighted by Gasteiger charge is 2.58. The molecule has 1 heterocycles. The number of nitrogens with zero attached hydrogens (tertiary/aromatic N) is 3. The Labute approximate surface area is 863 Å². The van der Waals surface area contributed by atoms with Gasteiger partial charge < -0.3 is 14.7 Å².